The molecule has 4 rings (SSSR count). The molecule has 1 fully saturated rings. The zero-order valence-corrected chi connectivity index (χ0v) is 33.7. The van der Waals surface area contributed by atoms with Gasteiger partial charge in [-0.05, 0) is 81.9 Å². The molecule has 2 aromatic rings. The molecule has 0 amide bonds. The van der Waals surface area contributed by atoms with Crippen molar-refractivity contribution in [3.8, 4) is 23.3 Å². The molecule has 1 aromatic heterocycles. The van der Waals surface area contributed by atoms with E-state index in [2.05, 4.69) is 58.4 Å². The van der Waals surface area contributed by atoms with Crippen molar-refractivity contribution < 1.29 is 38.2 Å². The van der Waals surface area contributed by atoms with Crippen molar-refractivity contribution in [2.45, 2.75) is 156 Å². The lowest BCUT2D eigenvalue weighted by Crippen LogP contribution is -2.37. The van der Waals surface area contributed by atoms with Crippen LogP contribution in [0.25, 0.3) is 0 Å². The van der Waals surface area contributed by atoms with Gasteiger partial charge in [0.05, 0.1) is 12.2 Å². The molecule has 6 atom stereocenters. The first-order chi connectivity index (χ1) is 25.1. The molecular formula is C40H62N3O9P. The number of ether oxygens (including phenoxy) is 3. The topological polar surface area (TPSA) is 176 Å². The lowest BCUT2D eigenvalue weighted by atomic mass is 9.83. The molecule has 53 heavy (non-hydrogen) atoms. The van der Waals surface area contributed by atoms with Gasteiger partial charge in [0, 0.05) is 18.2 Å². The van der Waals surface area contributed by atoms with Crippen LogP contribution in [-0.2, 0) is 20.2 Å². The standard InChI is InChI=1S/C40H62N3O9P/c1-8-9-10-14-26(2)15-11-16-27(3)17-12-20-40(7)21-19-32-30(6)36(28(4)29(5)37(32)51-40)49-22-13-18-31-24-43(39(45)42-38(31)41)35-23-33(34(25-44)50-35)52-53(46,47)48/h24,26-27,33-35,44H,8-12,14-17,19-23,25H2,1-7H3,(H2,41,42,45)(H2,46,47,48)/t26?,27?,33-,34+,35+,40?/m0/s1. The van der Waals surface area contributed by atoms with Gasteiger partial charge in [0.2, 0.25) is 0 Å². The molecule has 2 aliphatic rings. The van der Waals surface area contributed by atoms with E-state index in [0.29, 0.717) is 0 Å². The SMILES string of the molecule is CCCCCC(C)CCCC(C)CCCC1(C)CCc2c(C)c(OCC#Cc3cn([C@H]4C[C@H](OP(=O)(O)O)[C@@H](CO)O4)c(=O)nc3N)c(C)c(C)c2O1. The molecule has 0 bridgehead atoms. The fourth-order valence-electron chi connectivity index (χ4n) is 7.69. The van der Waals surface area contributed by atoms with E-state index >= 15 is 0 Å². The third-order valence-electron chi connectivity index (χ3n) is 11.1. The first kappa shape index (κ1) is 42.8. The Hall–Kier alpha value is -2.91. The Morgan fingerprint density at radius 2 is 1.75 bits per heavy atom. The summed E-state index contributed by atoms with van der Waals surface area (Å²) in [6.45, 7) is 15.0. The van der Waals surface area contributed by atoms with E-state index in [9.17, 15) is 24.3 Å². The van der Waals surface area contributed by atoms with E-state index in [1.165, 1.54) is 63.1 Å². The van der Waals surface area contributed by atoms with E-state index in [4.69, 9.17) is 24.5 Å². The summed E-state index contributed by atoms with van der Waals surface area (Å²) < 4.78 is 36.0. The Kier molecular flexibility index (Phi) is 15.4. The minimum absolute atomic E-state index is 0.0533. The van der Waals surface area contributed by atoms with Gasteiger partial charge in [-0.25, -0.2) is 9.36 Å². The van der Waals surface area contributed by atoms with Gasteiger partial charge < -0.3 is 34.8 Å². The molecule has 12 nitrogen and oxygen atoms in total. The van der Waals surface area contributed by atoms with Crippen LogP contribution in [0.15, 0.2) is 11.0 Å². The third-order valence-corrected chi connectivity index (χ3v) is 11.6. The van der Waals surface area contributed by atoms with Gasteiger partial charge in [-0.3, -0.25) is 9.09 Å². The van der Waals surface area contributed by atoms with Gasteiger partial charge in [-0.2, -0.15) is 4.98 Å². The monoisotopic (exact) mass is 759 g/mol. The van der Waals surface area contributed by atoms with Crippen molar-refractivity contribution in [1.29, 1.82) is 0 Å². The zero-order valence-electron chi connectivity index (χ0n) is 32.8. The molecular weight excluding hydrogens is 697 g/mol. The van der Waals surface area contributed by atoms with Crippen molar-refractivity contribution in [2.75, 3.05) is 18.9 Å². The molecule has 0 aliphatic carbocycles. The van der Waals surface area contributed by atoms with Crippen LogP contribution in [0.2, 0.25) is 0 Å². The third kappa shape index (κ3) is 11.8. The van der Waals surface area contributed by atoms with Crippen LogP contribution >= 0.6 is 7.82 Å². The number of nitrogen functional groups attached to an aromatic ring is 1. The number of benzene rings is 1. The van der Waals surface area contributed by atoms with Gasteiger partial charge in [0.15, 0.2) is 0 Å². The smallest absolute Gasteiger partial charge is 0.469 e. The first-order valence-corrected chi connectivity index (χ1v) is 20.9. The highest BCUT2D eigenvalue weighted by Crippen LogP contribution is 2.45. The number of nitrogens with two attached hydrogens (primary N) is 1. The lowest BCUT2D eigenvalue weighted by molar-refractivity contribution is -0.0452. The van der Waals surface area contributed by atoms with E-state index in [-0.39, 0.29) is 30.0 Å². The summed E-state index contributed by atoms with van der Waals surface area (Å²) in [5, 5.41) is 9.63. The number of rotatable bonds is 18. The fourth-order valence-corrected chi connectivity index (χ4v) is 8.27. The van der Waals surface area contributed by atoms with Crippen molar-refractivity contribution >= 4 is 13.6 Å². The summed E-state index contributed by atoms with van der Waals surface area (Å²) in [4.78, 5) is 35.0. The maximum Gasteiger partial charge on any atom is 0.469 e. The number of nitrogens with zero attached hydrogens (tertiary/aromatic N) is 2. The van der Waals surface area contributed by atoms with Crippen LogP contribution in [0.5, 0.6) is 11.5 Å². The molecule has 0 saturated carbocycles. The number of phosphoric ester groups is 1. The maximum atomic E-state index is 12.7. The van der Waals surface area contributed by atoms with E-state index in [1.807, 2.05) is 6.92 Å². The van der Waals surface area contributed by atoms with Gasteiger partial charge in [-0.15, -0.1) is 0 Å². The van der Waals surface area contributed by atoms with Crippen molar-refractivity contribution in [3.05, 3.63) is 44.5 Å². The maximum absolute atomic E-state index is 12.7. The van der Waals surface area contributed by atoms with Crippen LogP contribution in [0.3, 0.4) is 0 Å². The van der Waals surface area contributed by atoms with Gasteiger partial charge in [0.25, 0.3) is 0 Å². The van der Waals surface area contributed by atoms with E-state index in [0.717, 1.165) is 70.3 Å². The molecule has 3 unspecified atom stereocenters. The number of aliphatic hydroxyl groups excluding tert-OH is 1. The number of unbranched alkanes of at least 4 members (excludes halogenated alkanes) is 2. The number of aliphatic hydroxyl groups is 1. The van der Waals surface area contributed by atoms with Crippen LogP contribution in [0, 0.1) is 44.4 Å². The highest BCUT2D eigenvalue weighted by atomic mass is 31.2. The average Bonchev–Trinajstić information content (AvgIpc) is 3.48. The summed E-state index contributed by atoms with van der Waals surface area (Å²) in [5.41, 5.74) is 9.63. The number of fused-ring (bicyclic) bond motifs is 1. The number of hydrogen-bond acceptors (Lipinski definition) is 9. The molecule has 2 aliphatic heterocycles. The van der Waals surface area contributed by atoms with E-state index in [1.54, 1.807) is 0 Å². The Morgan fingerprint density at radius 3 is 2.42 bits per heavy atom. The summed E-state index contributed by atoms with van der Waals surface area (Å²) in [6, 6.07) is 0. The predicted octanol–water partition coefficient (Wildman–Crippen LogP) is 7.22. The Bertz CT molecular complexity index is 1710. The summed E-state index contributed by atoms with van der Waals surface area (Å²) in [7, 11) is -4.85. The van der Waals surface area contributed by atoms with Crippen LogP contribution in [0.1, 0.15) is 139 Å². The highest BCUT2D eigenvalue weighted by molar-refractivity contribution is 7.46. The lowest BCUT2D eigenvalue weighted by Gasteiger charge is -2.38. The second-order valence-corrected chi connectivity index (χ2v) is 16.8. The second kappa shape index (κ2) is 19.1. The van der Waals surface area contributed by atoms with Crippen molar-refractivity contribution in [2.24, 2.45) is 11.8 Å². The van der Waals surface area contributed by atoms with Crippen LogP contribution in [-0.4, -0.2) is 55.5 Å². The molecule has 1 saturated heterocycles. The van der Waals surface area contributed by atoms with E-state index < -0.39 is 38.6 Å². The highest BCUT2D eigenvalue weighted by Gasteiger charge is 2.41. The molecule has 0 spiro atoms. The quantitative estimate of drug-likeness (QED) is 0.0686. The molecule has 296 valence electrons. The fraction of sp³-hybridized carbons (Fsp3) is 0.700. The minimum Gasteiger partial charge on any atom is -0.487 e. The second-order valence-electron chi connectivity index (χ2n) is 15.6. The summed E-state index contributed by atoms with van der Waals surface area (Å²) in [6.07, 6.45) is 12.8. The largest absolute Gasteiger partial charge is 0.487 e. The molecule has 0 radical (unpaired) electrons. The number of anilines is 1. The van der Waals surface area contributed by atoms with Crippen LogP contribution in [0.4, 0.5) is 5.82 Å². The minimum atomic E-state index is -4.85. The summed E-state index contributed by atoms with van der Waals surface area (Å²) >= 11 is 0. The Labute approximate surface area is 315 Å². The molecule has 13 heteroatoms. The Balaban J connectivity index is 1.35. The van der Waals surface area contributed by atoms with Gasteiger partial charge in [-0.1, -0.05) is 84.0 Å². The number of hydrogen-bond donors (Lipinski definition) is 4. The summed E-state index contributed by atoms with van der Waals surface area (Å²) in [5.74, 6) is 9.14. The molecule has 3 heterocycles. The molecule has 5 N–H and O–H groups in total. The average molecular weight is 760 g/mol. The van der Waals surface area contributed by atoms with Gasteiger partial charge >= 0.3 is 13.5 Å². The first-order valence-electron chi connectivity index (χ1n) is 19.4. The zero-order chi connectivity index (χ0) is 38.9. The van der Waals surface area contributed by atoms with Gasteiger partial charge in [0.1, 0.15) is 48.0 Å². The predicted molar refractivity (Wildman–Crippen MR) is 206 cm³/mol. The van der Waals surface area contributed by atoms with Crippen molar-refractivity contribution in [1.82, 2.24) is 9.55 Å². The van der Waals surface area contributed by atoms with Crippen LogP contribution < -0.4 is 20.9 Å². The molecule has 1 aromatic carbocycles. The number of phosphoric acid groups is 1. The Morgan fingerprint density at radius 1 is 1.08 bits per heavy atom. The normalized spacial score (nSPS) is 22.4. The van der Waals surface area contributed by atoms with Crippen molar-refractivity contribution in [3.63, 3.8) is 0 Å². The number of aromatic nitrogens is 2.